The second-order valence-electron chi connectivity index (χ2n) is 7.44. The van der Waals surface area contributed by atoms with E-state index >= 15 is 0 Å². The lowest BCUT2D eigenvalue weighted by Crippen LogP contribution is -2.28. The third kappa shape index (κ3) is 4.72. The standard InChI is InChI=1S/C19H27F3N2O/c1-2-25-17-9-7-14(8-10-17)13-3-5-15(6-4-13)16-11-23-18(24-12-16)19(20,21)22/h11-15,17H,2-10H2,1H3/t13-,14-,15-,17-. The van der Waals surface area contributed by atoms with Crippen molar-refractivity contribution < 1.29 is 17.9 Å². The maximum Gasteiger partial charge on any atom is 0.451 e. The molecule has 25 heavy (non-hydrogen) atoms. The van der Waals surface area contributed by atoms with Crippen LogP contribution in [0.4, 0.5) is 13.2 Å². The van der Waals surface area contributed by atoms with Gasteiger partial charge in [-0.25, -0.2) is 9.97 Å². The van der Waals surface area contributed by atoms with Crippen LogP contribution in [0.5, 0.6) is 0 Å². The lowest BCUT2D eigenvalue weighted by molar-refractivity contribution is -0.145. The van der Waals surface area contributed by atoms with Crippen LogP contribution in [0.2, 0.25) is 0 Å². The molecule has 0 amide bonds. The summed E-state index contributed by atoms with van der Waals surface area (Å²) in [6.07, 6.45) is 7.96. The predicted molar refractivity (Wildman–Crippen MR) is 89.1 cm³/mol. The molecule has 6 heteroatoms. The van der Waals surface area contributed by atoms with Gasteiger partial charge in [0.25, 0.3) is 0 Å². The minimum atomic E-state index is -4.46. The Balaban J connectivity index is 1.49. The molecule has 0 unspecified atom stereocenters. The number of hydrogen-bond donors (Lipinski definition) is 0. The van der Waals surface area contributed by atoms with Gasteiger partial charge in [-0.1, -0.05) is 0 Å². The number of alkyl halides is 3. The molecule has 1 aromatic rings. The number of rotatable bonds is 4. The van der Waals surface area contributed by atoms with Gasteiger partial charge in [0, 0.05) is 19.0 Å². The van der Waals surface area contributed by atoms with Crippen LogP contribution in [0, 0.1) is 11.8 Å². The molecule has 0 aliphatic heterocycles. The highest BCUT2D eigenvalue weighted by Crippen LogP contribution is 2.43. The molecule has 0 atom stereocenters. The van der Waals surface area contributed by atoms with Gasteiger partial charge >= 0.3 is 6.18 Å². The van der Waals surface area contributed by atoms with E-state index in [1.807, 2.05) is 0 Å². The smallest absolute Gasteiger partial charge is 0.379 e. The average molecular weight is 356 g/mol. The number of halogens is 3. The molecule has 3 rings (SSSR count). The molecule has 0 N–H and O–H groups in total. The SMILES string of the molecule is CCO[C@H]1CC[C@H]([C@H]2CC[C@H](c3cnc(C(F)(F)F)nc3)CC2)CC1. The topological polar surface area (TPSA) is 35.0 Å². The highest BCUT2D eigenvalue weighted by atomic mass is 19.4. The molecular formula is C19H27F3N2O. The molecule has 0 spiro atoms. The summed E-state index contributed by atoms with van der Waals surface area (Å²) in [5.74, 6) is 0.810. The summed E-state index contributed by atoms with van der Waals surface area (Å²) < 4.78 is 43.4. The average Bonchev–Trinajstić information content (AvgIpc) is 2.62. The first kappa shape index (κ1) is 18.6. The van der Waals surface area contributed by atoms with Gasteiger partial charge in [-0.15, -0.1) is 0 Å². The van der Waals surface area contributed by atoms with E-state index < -0.39 is 12.0 Å². The first-order valence-corrected chi connectivity index (χ1v) is 9.48. The second-order valence-corrected chi connectivity index (χ2v) is 7.44. The van der Waals surface area contributed by atoms with Crippen LogP contribution in [0.25, 0.3) is 0 Å². The zero-order chi connectivity index (χ0) is 17.9. The summed E-state index contributed by atoms with van der Waals surface area (Å²) in [7, 11) is 0. The van der Waals surface area contributed by atoms with Gasteiger partial charge in [0.05, 0.1) is 6.10 Å². The summed E-state index contributed by atoms with van der Waals surface area (Å²) in [4.78, 5) is 7.02. The minimum absolute atomic E-state index is 0.304. The van der Waals surface area contributed by atoms with Crippen LogP contribution in [0.3, 0.4) is 0 Å². The Bertz CT molecular complexity index is 531. The highest BCUT2D eigenvalue weighted by Gasteiger charge is 2.35. The van der Waals surface area contributed by atoms with Crippen molar-refractivity contribution >= 4 is 0 Å². The molecule has 140 valence electrons. The van der Waals surface area contributed by atoms with Gasteiger partial charge in [0.1, 0.15) is 0 Å². The first-order valence-electron chi connectivity index (χ1n) is 9.48. The van der Waals surface area contributed by atoms with Gasteiger partial charge in [0.15, 0.2) is 0 Å². The summed E-state index contributed by atoms with van der Waals surface area (Å²) in [5, 5.41) is 0. The summed E-state index contributed by atoms with van der Waals surface area (Å²) in [5.41, 5.74) is 0.853. The maximum atomic E-state index is 12.6. The van der Waals surface area contributed by atoms with Crippen LogP contribution in [0.1, 0.15) is 75.6 Å². The Labute approximate surface area is 147 Å². The number of nitrogens with zero attached hydrogens (tertiary/aromatic N) is 2. The third-order valence-electron chi connectivity index (χ3n) is 5.96. The number of aromatic nitrogens is 2. The van der Waals surface area contributed by atoms with Crippen molar-refractivity contribution in [2.24, 2.45) is 11.8 Å². The summed E-state index contributed by atoms with van der Waals surface area (Å²) in [6.45, 7) is 2.86. The van der Waals surface area contributed by atoms with E-state index in [0.717, 1.165) is 49.7 Å². The second kappa shape index (κ2) is 8.02. The molecule has 1 aromatic heterocycles. The van der Waals surface area contributed by atoms with Crippen molar-refractivity contribution in [3.05, 3.63) is 23.8 Å². The Kier molecular flexibility index (Phi) is 5.97. The van der Waals surface area contributed by atoms with Crippen molar-refractivity contribution in [2.45, 2.75) is 76.5 Å². The van der Waals surface area contributed by atoms with Gasteiger partial charge in [0.2, 0.25) is 5.82 Å². The van der Waals surface area contributed by atoms with E-state index in [9.17, 15) is 13.2 Å². The molecule has 0 bridgehead atoms. The lowest BCUT2D eigenvalue weighted by Gasteiger charge is -2.37. The van der Waals surface area contributed by atoms with Crippen molar-refractivity contribution in [3.63, 3.8) is 0 Å². The summed E-state index contributed by atoms with van der Waals surface area (Å²) in [6, 6.07) is 0. The Morgan fingerprint density at radius 3 is 1.92 bits per heavy atom. The fraction of sp³-hybridized carbons (Fsp3) is 0.789. The quantitative estimate of drug-likeness (QED) is 0.728. The lowest BCUT2D eigenvalue weighted by atomic mass is 9.70. The van der Waals surface area contributed by atoms with Crippen LogP contribution in [-0.2, 0) is 10.9 Å². The molecule has 1 heterocycles. The van der Waals surface area contributed by atoms with Crippen LogP contribution in [0.15, 0.2) is 12.4 Å². The van der Waals surface area contributed by atoms with E-state index in [1.165, 1.54) is 38.1 Å². The van der Waals surface area contributed by atoms with E-state index in [1.54, 1.807) is 0 Å². The molecule has 2 aliphatic rings. The largest absolute Gasteiger partial charge is 0.451 e. The molecule has 2 saturated carbocycles. The molecule has 2 aliphatic carbocycles. The Morgan fingerprint density at radius 2 is 1.44 bits per heavy atom. The van der Waals surface area contributed by atoms with Gasteiger partial charge in [-0.2, -0.15) is 13.2 Å². The Morgan fingerprint density at radius 1 is 0.920 bits per heavy atom. The van der Waals surface area contributed by atoms with Crippen molar-refractivity contribution in [3.8, 4) is 0 Å². The van der Waals surface area contributed by atoms with E-state index in [-0.39, 0.29) is 0 Å². The van der Waals surface area contributed by atoms with Crippen LogP contribution >= 0.6 is 0 Å². The first-order chi connectivity index (χ1) is 12.0. The van der Waals surface area contributed by atoms with Crippen molar-refractivity contribution in [1.29, 1.82) is 0 Å². The monoisotopic (exact) mass is 356 g/mol. The van der Waals surface area contributed by atoms with Gasteiger partial charge in [-0.05, 0) is 81.6 Å². The van der Waals surface area contributed by atoms with Crippen LogP contribution in [-0.4, -0.2) is 22.7 Å². The van der Waals surface area contributed by atoms with Crippen molar-refractivity contribution in [2.75, 3.05) is 6.61 Å². The molecule has 0 saturated heterocycles. The molecule has 0 radical (unpaired) electrons. The molecule has 3 nitrogen and oxygen atoms in total. The van der Waals surface area contributed by atoms with Crippen molar-refractivity contribution in [1.82, 2.24) is 9.97 Å². The minimum Gasteiger partial charge on any atom is -0.379 e. The third-order valence-corrected chi connectivity index (χ3v) is 5.96. The number of ether oxygens (including phenoxy) is 1. The van der Waals surface area contributed by atoms with E-state index in [4.69, 9.17) is 4.74 Å². The van der Waals surface area contributed by atoms with E-state index in [2.05, 4.69) is 16.9 Å². The van der Waals surface area contributed by atoms with E-state index in [0.29, 0.717) is 12.0 Å². The molecule has 2 fully saturated rings. The maximum absolute atomic E-state index is 12.6. The fourth-order valence-corrected chi connectivity index (χ4v) is 4.58. The molecule has 0 aromatic carbocycles. The zero-order valence-electron chi connectivity index (χ0n) is 14.8. The summed E-state index contributed by atoms with van der Waals surface area (Å²) >= 11 is 0. The van der Waals surface area contributed by atoms with Gasteiger partial charge < -0.3 is 4.74 Å². The molecular weight excluding hydrogens is 329 g/mol. The highest BCUT2D eigenvalue weighted by molar-refractivity contribution is 5.13. The van der Waals surface area contributed by atoms with Crippen LogP contribution < -0.4 is 0 Å². The zero-order valence-corrected chi connectivity index (χ0v) is 14.8. The number of hydrogen-bond acceptors (Lipinski definition) is 3. The normalized spacial score (nSPS) is 31.0. The van der Waals surface area contributed by atoms with Gasteiger partial charge in [-0.3, -0.25) is 0 Å². The predicted octanol–water partition coefficient (Wildman–Crippen LogP) is 5.36. The fourth-order valence-electron chi connectivity index (χ4n) is 4.58. The Hall–Kier alpha value is -1.17.